The highest BCUT2D eigenvalue weighted by Gasteiger charge is 2.71. The van der Waals surface area contributed by atoms with Crippen molar-refractivity contribution >= 4 is 11.6 Å². The molecular formula is C27H38O5. The minimum Gasteiger partial charge on any atom is -0.507 e. The van der Waals surface area contributed by atoms with Crippen LogP contribution in [0.4, 0.5) is 0 Å². The van der Waals surface area contributed by atoms with E-state index in [0.717, 1.165) is 12.8 Å². The summed E-state index contributed by atoms with van der Waals surface area (Å²) < 4.78 is 6.67. The van der Waals surface area contributed by atoms with Crippen LogP contribution in [0.1, 0.15) is 100 Å². The average molecular weight is 443 g/mol. The molecule has 5 heteroatoms. The zero-order chi connectivity index (χ0) is 23.7. The molecule has 1 heterocycles. The smallest absolute Gasteiger partial charge is 0.170 e. The number of aromatic hydroxyl groups is 2. The minimum atomic E-state index is -0.450. The molecule has 0 aromatic heterocycles. The topological polar surface area (TPSA) is 83.8 Å². The number of fused-ring (bicyclic) bond motifs is 4. The fourth-order valence-corrected chi connectivity index (χ4v) is 6.78. The van der Waals surface area contributed by atoms with E-state index in [1.54, 1.807) is 0 Å². The summed E-state index contributed by atoms with van der Waals surface area (Å²) in [6.07, 6.45) is 3.11. The maximum atomic E-state index is 13.3. The highest BCUT2D eigenvalue weighted by Crippen LogP contribution is 2.71. The summed E-state index contributed by atoms with van der Waals surface area (Å²) in [5.74, 6) is 0.437. The van der Waals surface area contributed by atoms with Crippen LogP contribution in [0.25, 0.3) is 0 Å². The van der Waals surface area contributed by atoms with Gasteiger partial charge in [0.1, 0.15) is 34.0 Å². The Kier molecular flexibility index (Phi) is 5.42. The second-order valence-electron chi connectivity index (χ2n) is 12.0. The second-order valence-corrected chi connectivity index (χ2v) is 12.0. The van der Waals surface area contributed by atoms with Crippen LogP contribution < -0.4 is 4.74 Å². The quantitative estimate of drug-likeness (QED) is 0.533. The van der Waals surface area contributed by atoms with Crippen LogP contribution in [0, 0.1) is 35.0 Å². The van der Waals surface area contributed by atoms with E-state index < -0.39 is 11.4 Å². The van der Waals surface area contributed by atoms with Gasteiger partial charge in [0.15, 0.2) is 11.6 Å². The minimum absolute atomic E-state index is 0.0686. The molecule has 0 radical (unpaired) electrons. The van der Waals surface area contributed by atoms with Crippen LogP contribution in [0.2, 0.25) is 0 Å². The standard InChI is InChI=1S/C27H38O5/c1-13(2)10-18(28)20-22(30)16-12-15-8-9-17-25(26(17,5)6)27(15,7)32-24(16)21(23(20)31)19(29)11-14(3)4/h13-15,17,25,30-31H,8-12H2,1-7H3/t15-,17+,25-,27+/m1/s1. The number of phenols is 2. The number of Topliss-reactive ketones (excluding diaryl/α,β-unsaturated/α-hetero) is 2. The van der Waals surface area contributed by atoms with Gasteiger partial charge in [-0.2, -0.15) is 0 Å². The van der Waals surface area contributed by atoms with Gasteiger partial charge in [0.25, 0.3) is 0 Å². The molecule has 0 bridgehead atoms. The molecule has 1 aliphatic heterocycles. The number of rotatable bonds is 6. The maximum absolute atomic E-state index is 13.3. The molecule has 2 saturated carbocycles. The van der Waals surface area contributed by atoms with Gasteiger partial charge in [0, 0.05) is 30.2 Å². The third kappa shape index (κ3) is 3.34. The predicted molar refractivity (Wildman–Crippen MR) is 124 cm³/mol. The largest absolute Gasteiger partial charge is 0.507 e. The Balaban J connectivity index is 1.88. The van der Waals surface area contributed by atoms with Gasteiger partial charge in [-0.1, -0.05) is 41.5 Å². The number of carbonyl (C=O) groups excluding carboxylic acids is 2. The lowest BCUT2D eigenvalue weighted by Gasteiger charge is -2.46. The van der Waals surface area contributed by atoms with Crippen LogP contribution in [0.5, 0.6) is 17.2 Å². The van der Waals surface area contributed by atoms with E-state index >= 15 is 0 Å². The molecule has 5 nitrogen and oxygen atoms in total. The Hall–Kier alpha value is -2.04. The van der Waals surface area contributed by atoms with Gasteiger partial charge in [-0.05, 0) is 49.4 Å². The molecule has 4 rings (SSSR count). The van der Waals surface area contributed by atoms with Crippen molar-refractivity contribution in [2.45, 2.75) is 86.2 Å². The number of benzene rings is 1. The predicted octanol–water partition coefficient (Wildman–Crippen LogP) is 5.93. The second kappa shape index (κ2) is 7.50. The molecule has 0 saturated heterocycles. The van der Waals surface area contributed by atoms with Gasteiger partial charge in [-0.15, -0.1) is 0 Å². The van der Waals surface area contributed by atoms with E-state index in [9.17, 15) is 19.8 Å². The van der Waals surface area contributed by atoms with Crippen molar-refractivity contribution in [1.82, 2.24) is 0 Å². The van der Waals surface area contributed by atoms with Gasteiger partial charge in [0.05, 0.1) is 0 Å². The maximum Gasteiger partial charge on any atom is 0.170 e. The molecule has 1 aromatic carbocycles. The number of hydrogen-bond donors (Lipinski definition) is 2. The van der Waals surface area contributed by atoms with Crippen molar-refractivity contribution in [1.29, 1.82) is 0 Å². The van der Waals surface area contributed by atoms with Crippen LogP contribution in [0.15, 0.2) is 0 Å². The normalized spacial score (nSPS) is 29.7. The van der Waals surface area contributed by atoms with Gasteiger partial charge in [0.2, 0.25) is 0 Å². The highest BCUT2D eigenvalue weighted by atomic mass is 16.5. The SMILES string of the molecule is CC(C)CC(=O)c1c(O)c2c(c(C(=O)CC(C)C)c1O)O[C@@]1(C)[C@H](CC[C@H]3[C@@H]1C3(C)C)C2. The summed E-state index contributed by atoms with van der Waals surface area (Å²) in [7, 11) is 0. The molecule has 2 fully saturated rings. The lowest BCUT2D eigenvalue weighted by molar-refractivity contribution is -0.0403. The Labute approximate surface area is 191 Å². The summed E-state index contributed by atoms with van der Waals surface area (Å²) >= 11 is 0. The average Bonchev–Trinajstić information content (AvgIpc) is 3.22. The third-order valence-corrected chi connectivity index (χ3v) is 8.32. The van der Waals surface area contributed by atoms with Gasteiger partial charge < -0.3 is 14.9 Å². The Morgan fingerprint density at radius 3 is 2.06 bits per heavy atom. The molecule has 176 valence electrons. The van der Waals surface area contributed by atoms with Gasteiger partial charge in [-0.3, -0.25) is 9.59 Å². The van der Waals surface area contributed by atoms with Crippen molar-refractivity contribution in [3.8, 4) is 17.2 Å². The van der Waals surface area contributed by atoms with Crippen molar-refractivity contribution in [3.63, 3.8) is 0 Å². The van der Waals surface area contributed by atoms with Crippen molar-refractivity contribution in [2.24, 2.45) is 35.0 Å². The lowest BCUT2D eigenvalue weighted by atomic mass is 9.70. The molecule has 1 aromatic rings. The van der Waals surface area contributed by atoms with E-state index in [1.165, 1.54) is 0 Å². The molecule has 0 amide bonds. The van der Waals surface area contributed by atoms with Crippen LogP contribution >= 0.6 is 0 Å². The molecule has 3 aliphatic rings. The number of ether oxygens (including phenoxy) is 1. The Morgan fingerprint density at radius 2 is 1.50 bits per heavy atom. The molecule has 2 aliphatic carbocycles. The van der Waals surface area contributed by atoms with Crippen LogP contribution in [-0.2, 0) is 6.42 Å². The molecule has 4 atom stereocenters. The summed E-state index contributed by atoms with van der Waals surface area (Å²) in [5.41, 5.74) is 0.215. The van der Waals surface area contributed by atoms with Gasteiger partial charge >= 0.3 is 0 Å². The molecular weight excluding hydrogens is 404 g/mol. The first-order chi connectivity index (χ1) is 14.8. The van der Waals surface area contributed by atoms with Crippen molar-refractivity contribution in [3.05, 3.63) is 16.7 Å². The van der Waals surface area contributed by atoms with Crippen LogP contribution in [0.3, 0.4) is 0 Å². The van der Waals surface area contributed by atoms with E-state index in [1.807, 2.05) is 27.7 Å². The zero-order valence-corrected chi connectivity index (χ0v) is 20.5. The molecule has 0 spiro atoms. The van der Waals surface area contributed by atoms with E-state index in [2.05, 4.69) is 20.8 Å². The van der Waals surface area contributed by atoms with E-state index in [4.69, 9.17) is 4.74 Å². The number of hydrogen-bond acceptors (Lipinski definition) is 5. The van der Waals surface area contributed by atoms with E-state index in [0.29, 0.717) is 29.6 Å². The Morgan fingerprint density at radius 1 is 0.938 bits per heavy atom. The molecule has 2 N–H and O–H groups in total. The van der Waals surface area contributed by atoms with Crippen LogP contribution in [-0.4, -0.2) is 27.4 Å². The summed E-state index contributed by atoms with van der Waals surface area (Å²) in [6, 6.07) is 0. The fraction of sp³-hybridized carbons (Fsp3) is 0.704. The van der Waals surface area contributed by atoms with Crippen molar-refractivity contribution < 1.29 is 24.5 Å². The first-order valence-electron chi connectivity index (χ1n) is 12.2. The highest BCUT2D eigenvalue weighted by molar-refractivity contribution is 6.09. The summed E-state index contributed by atoms with van der Waals surface area (Å²) in [5, 5.41) is 22.3. The monoisotopic (exact) mass is 442 g/mol. The summed E-state index contributed by atoms with van der Waals surface area (Å²) in [4.78, 5) is 26.3. The zero-order valence-electron chi connectivity index (χ0n) is 20.5. The summed E-state index contributed by atoms with van der Waals surface area (Å²) in [6.45, 7) is 14.4. The number of carbonyl (C=O) groups is 2. The number of ketones is 2. The van der Waals surface area contributed by atoms with Crippen molar-refractivity contribution in [2.75, 3.05) is 0 Å². The van der Waals surface area contributed by atoms with Gasteiger partial charge in [-0.25, -0.2) is 0 Å². The third-order valence-electron chi connectivity index (χ3n) is 8.32. The lowest BCUT2D eigenvalue weighted by Crippen LogP contribution is -2.50. The molecule has 32 heavy (non-hydrogen) atoms. The number of phenolic OH excluding ortho intramolecular Hbond substituents is 2. The first-order valence-corrected chi connectivity index (χ1v) is 12.2. The fourth-order valence-electron chi connectivity index (χ4n) is 6.78. The van der Waals surface area contributed by atoms with E-state index in [-0.39, 0.29) is 64.5 Å². The Bertz CT molecular complexity index is 973. The first kappa shape index (κ1) is 23.1. The molecule has 0 unspecified atom stereocenters.